The Labute approximate surface area is 137 Å². The molecule has 130 valence electrons. The Kier molecular flexibility index (Phi) is 5.87. The van der Waals surface area contributed by atoms with Crippen LogP contribution >= 0.6 is 0 Å². The molecular formula is C16H18F3N3O2. The number of aliphatic hydroxyl groups is 2. The minimum atomic E-state index is -4.38. The van der Waals surface area contributed by atoms with Crippen molar-refractivity contribution in [2.24, 2.45) is 0 Å². The van der Waals surface area contributed by atoms with Crippen LogP contribution in [0.5, 0.6) is 0 Å². The summed E-state index contributed by atoms with van der Waals surface area (Å²) in [7, 11) is 0. The molecule has 0 unspecified atom stereocenters. The summed E-state index contributed by atoms with van der Waals surface area (Å²) in [6.45, 7) is 1.61. The number of benzene rings is 1. The molecule has 0 radical (unpaired) electrons. The third kappa shape index (κ3) is 4.73. The van der Waals surface area contributed by atoms with E-state index in [1.54, 1.807) is 13.0 Å². The highest BCUT2D eigenvalue weighted by Gasteiger charge is 2.30. The van der Waals surface area contributed by atoms with Crippen molar-refractivity contribution in [1.82, 2.24) is 15.3 Å². The number of nitrogens with one attached hydrogen (secondary N) is 1. The normalized spacial score (nSPS) is 14.4. The summed E-state index contributed by atoms with van der Waals surface area (Å²) in [6.07, 6.45) is -3.61. The Hall–Kier alpha value is -2.03. The first-order chi connectivity index (χ1) is 11.3. The molecule has 0 amide bonds. The van der Waals surface area contributed by atoms with E-state index in [0.29, 0.717) is 17.1 Å². The molecule has 0 fully saturated rings. The predicted molar refractivity (Wildman–Crippen MR) is 81.9 cm³/mol. The van der Waals surface area contributed by atoms with Crippen molar-refractivity contribution in [1.29, 1.82) is 0 Å². The number of aliphatic hydroxyl groups excluding tert-OH is 2. The largest absolute Gasteiger partial charge is 0.416 e. The van der Waals surface area contributed by atoms with Gasteiger partial charge in [0.15, 0.2) is 5.82 Å². The van der Waals surface area contributed by atoms with E-state index in [0.717, 1.165) is 12.1 Å². The maximum atomic E-state index is 12.6. The molecule has 24 heavy (non-hydrogen) atoms. The molecule has 8 heteroatoms. The van der Waals surface area contributed by atoms with Crippen molar-refractivity contribution < 1.29 is 23.4 Å². The first-order valence-corrected chi connectivity index (χ1v) is 7.33. The van der Waals surface area contributed by atoms with Crippen LogP contribution in [0.4, 0.5) is 13.2 Å². The van der Waals surface area contributed by atoms with Gasteiger partial charge in [0, 0.05) is 18.3 Å². The van der Waals surface area contributed by atoms with Crippen LogP contribution in [0.1, 0.15) is 18.2 Å². The van der Waals surface area contributed by atoms with Crippen LogP contribution in [-0.2, 0) is 12.7 Å². The zero-order valence-electron chi connectivity index (χ0n) is 13.0. The Morgan fingerprint density at radius 3 is 2.38 bits per heavy atom. The molecule has 1 aromatic heterocycles. The van der Waals surface area contributed by atoms with Crippen LogP contribution in [-0.4, -0.2) is 38.9 Å². The second-order valence-electron chi connectivity index (χ2n) is 5.36. The van der Waals surface area contributed by atoms with Gasteiger partial charge >= 0.3 is 6.18 Å². The number of nitrogens with zero attached hydrogens (tertiary/aromatic N) is 2. The van der Waals surface area contributed by atoms with Gasteiger partial charge < -0.3 is 15.5 Å². The second kappa shape index (κ2) is 7.69. The van der Waals surface area contributed by atoms with Gasteiger partial charge in [0.25, 0.3) is 0 Å². The van der Waals surface area contributed by atoms with Crippen LogP contribution in [0.15, 0.2) is 36.5 Å². The lowest BCUT2D eigenvalue weighted by atomic mass is 10.1. The lowest BCUT2D eigenvalue weighted by Crippen LogP contribution is -2.40. The molecule has 0 aliphatic carbocycles. The molecule has 2 aromatic rings. The van der Waals surface area contributed by atoms with Gasteiger partial charge in [-0.2, -0.15) is 13.2 Å². The highest BCUT2D eigenvalue weighted by atomic mass is 19.4. The van der Waals surface area contributed by atoms with Crippen LogP contribution < -0.4 is 5.32 Å². The van der Waals surface area contributed by atoms with Gasteiger partial charge in [0.1, 0.15) is 0 Å². The predicted octanol–water partition coefficient (Wildman–Crippen LogP) is 1.99. The minimum Gasteiger partial charge on any atom is -0.395 e. The van der Waals surface area contributed by atoms with Crippen LogP contribution in [0.3, 0.4) is 0 Å². The summed E-state index contributed by atoms with van der Waals surface area (Å²) in [6, 6.07) is 5.77. The molecule has 0 aliphatic heterocycles. The summed E-state index contributed by atoms with van der Waals surface area (Å²) in [5, 5.41) is 21.6. The lowest BCUT2D eigenvalue weighted by molar-refractivity contribution is -0.137. The van der Waals surface area contributed by atoms with Gasteiger partial charge in [-0.3, -0.25) is 0 Å². The maximum Gasteiger partial charge on any atom is 0.416 e. The summed E-state index contributed by atoms with van der Waals surface area (Å²) < 4.78 is 37.7. The number of hydrogen-bond acceptors (Lipinski definition) is 5. The van der Waals surface area contributed by atoms with E-state index >= 15 is 0 Å². The maximum absolute atomic E-state index is 12.6. The SMILES string of the molecule is C[C@@H](O)[C@@H](CO)NCc1ccnc(-c2ccc(C(F)(F)F)cc2)n1. The molecule has 2 atom stereocenters. The van der Waals surface area contributed by atoms with E-state index in [1.807, 2.05) is 0 Å². The van der Waals surface area contributed by atoms with E-state index in [2.05, 4.69) is 15.3 Å². The van der Waals surface area contributed by atoms with E-state index in [9.17, 15) is 18.3 Å². The second-order valence-corrected chi connectivity index (χ2v) is 5.36. The molecule has 0 aliphatic rings. The number of aromatic nitrogens is 2. The molecule has 2 rings (SSSR count). The van der Waals surface area contributed by atoms with E-state index < -0.39 is 23.9 Å². The van der Waals surface area contributed by atoms with Crippen molar-refractivity contribution >= 4 is 0 Å². The summed E-state index contributed by atoms with van der Waals surface area (Å²) in [5.41, 5.74) is 0.338. The summed E-state index contributed by atoms with van der Waals surface area (Å²) >= 11 is 0. The molecule has 0 saturated heterocycles. The third-order valence-corrected chi connectivity index (χ3v) is 3.51. The Morgan fingerprint density at radius 1 is 1.17 bits per heavy atom. The number of rotatable bonds is 6. The summed E-state index contributed by atoms with van der Waals surface area (Å²) in [4.78, 5) is 8.35. The van der Waals surface area contributed by atoms with Crippen LogP contribution in [0.2, 0.25) is 0 Å². The molecule has 1 heterocycles. The number of halogens is 3. The fourth-order valence-corrected chi connectivity index (χ4v) is 2.07. The molecule has 3 N–H and O–H groups in total. The standard InChI is InChI=1S/C16H18F3N3O2/c1-10(24)14(9-23)21-8-13-6-7-20-15(22-13)11-2-4-12(5-3-11)16(17,18)19/h2-7,10,14,21,23-24H,8-9H2,1H3/t10-,14-/m1/s1. The van der Waals surface area contributed by atoms with Crippen molar-refractivity contribution in [2.75, 3.05) is 6.61 Å². The van der Waals surface area contributed by atoms with Crippen molar-refractivity contribution in [3.63, 3.8) is 0 Å². The van der Waals surface area contributed by atoms with Crippen molar-refractivity contribution in [2.45, 2.75) is 31.8 Å². The van der Waals surface area contributed by atoms with Crippen molar-refractivity contribution in [3.8, 4) is 11.4 Å². The van der Waals surface area contributed by atoms with Gasteiger partial charge in [0.05, 0.1) is 30.0 Å². The fraction of sp³-hybridized carbons (Fsp3) is 0.375. The van der Waals surface area contributed by atoms with E-state index in [4.69, 9.17) is 5.11 Å². The van der Waals surface area contributed by atoms with E-state index in [-0.39, 0.29) is 13.2 Å². The zero-order chi connectivity index (χ0) is 17.7. The fourth-order valence-electron chi connectivity index (χ4n) is 2.07. The molecular weight excluding hydrogens is 323 g/mol. The van der Waals surface area contributed by atoms with Gasteiger partial charge in [-0.25, -0.2) is 9.97 Å². The zero-order valence-corrected chi connectivity index (χ0v) is 13.0. The average molecular weight is 341 g/mol. The molecule has 0 bridgehead atoms. The van der Waals surface area contributed by atoms with Crippen molar-refractivity contribution in [3.05, 3.63) is 47.8 Å². The van der Waals surface area contributed by atoms with Gasteiger partial charge in [-0.15, -0.1) is 0 Å². The molecule has 0 spiro atoms. The van der Waals surface area contributed by atoms with Crippen LogP contribution in [0, 0.1) is 0 Å². The molecule has 0 saturated carbocycles. The quantitative estimate of drug-likeness (QED) is 0.749. The topological polar surface area (TPSA) is 78.3 Å². The smallest absolute Gasteiger partial charge is 0.395 e. The van der Waals surface area contributed by atoms with Crippen LogP contribution in [0.25, 0.3) is 11.4 Å². The first kappa shape index (κ1) is 18.3. The minimum absolute atomic E-state index is 0.228. The third-order valence-electron chi connectivity index (χ3n) is 3.51. The van der Waals surface area contributed by atoms with Gasteiger partial charge in [0.2, 0.25) is 0 Å². The Balaban J connectivity index is 2.12. The monoisotopic (exact) mass is 341 g/mol. The number of hydrogen-bond donors (Lipinski definition) is 3. The highest BCUT2D eigenvalue weighted by Crippen LogP contribution is 2.30. The lowest BCUT2D eigenvalue weighted by Gasteiger charge is -2.18. The average Bonchev–Trinajstić information content (AvgIpc) is 2.55. The Morgan fingerprint density at radius 2 is 1.83 bits per heavy atom. The number of alkyl halides is 3. The highest BCUT2D eigenvalue weighted by molar-refractivity contribution is 5.55. The molecule has 5 nitrogen and oxygen atoms in total. The van der Waals surface area contributed by atoms with Gasteiger partial charge in [-0.05, 0) is 25.1 Å². The van der Waals surface area contributed by atoms with Gasteiger partial charge in [-0.1, -0.05) is 12.1 Å². The summed E-state index contributed by atoms with van der Waals surface area (Å²) in [5.74, 6) is 0.306. The Bertz CT molecular complexity index is 660. The first-order valence-electron chi connectivity index (χ1n) is 7.33. The van der Waals surface area contributed by atoms with E-state index in [1.165, 1.54) is 18.3 Å². The molecule has 1 aromatic carbocycles.